The lowest BCUT2D eigenvalue weighted by molar-refractivity contribution is -0.116. The molecular weight excluding hydrogens is 326 g/mol. The summed E-state index contributed by atoms with van der Waals surface area (Å²) in [6.45, 7) is 2.01. The molecule has 3 heterocycles. The quantitative estimate of drug-likeness (QED) is 0.616. The predicted molar refractivity (Wildman–Crippen MR) is 101 cm³/mol. The van der Waals surface area contributed by atoms with E-state index in [4.69, 9.17) is 0 Å². The summed E-state index contributed by atoms with van der Waals surface area (Å²) in [6.07, 6.45) is 3.38. The third-order valence-corrected chi connectivity index (χ3v) is 4.12. The van der Waals surface area contributed by atoms with Gasteiger partial charge in [0.25, 0.3) is 0 Å². The highest BCUT2D eigenvalue weighted by molar-refractivity contribution is 5.96. The van der Waals surface area contributed by atoms with Gasteiger partial charge < -0.3 is 5.32 Å². The molecule has 0 spiro atoms. The number of benzene rings is 1. The maximum absolute atomic E-state index is 12.3. The first kappa shape index (κ1) is 16.0. The summed E-state index contributed by atoms with van der Waals surface area (Å²) >= 11 is 0. The third kappa shape index (κ3) is 3.04. The van der Waals surface area contributed by atoms with E-state index < -0.39 is 0 Å². The monoisotopic (exact) mass is 343 g/mol. The van der Waals surface area contributed by atoms with Crippen molar-refractivity contribution in [3.05, 3.63) is 72.7 Å². The molecule has 0 bridgehead atoms. The van der Waals surface area contributed by atoms with Crippen LogP contribution in [-0.2, 0) is 11.3 Å². The van der Waals surface area contributed by atoms with Gasteiger partial charge in [0.05, 0.1) is 5.69 Å². The Labute approximate surface area is 150 Å². The van der Waals surface area contributed by atoms with E-state index >= 15 is 0 Å². The topological polar surface area (TPSA) is 72.7 Å². The van der Waals surface area contributed by atoms with Crippen LogP contribution in [0.15, 0.2) is 67.0 Å². The zero-order chi connectivity index (χ0) is 17.9. The molecular formula is C20H17N5O. The average Bonchev–Trinajstić information content (AvgIpc) is 2.99. The van der Waals surface area contributed by atoms with Gasteiger partial charge in [0.1, 0.15) is 12.4 Å². The number of pyridine rings is 2. The summed E-state index contributed by atoms with van der Waals surface area (Å²) in [6, 6.07) is 17.4. The molecule has 0 unspecified atom stereocenters. The molecule has 1 N–H and O–H groups in total. The van der Waals surface area contributed by atoms with Gasteiger partial charge >= 0.3 is 0 Å². The van der Waals surface area contributed by atoms with Gasteiger partial charge in [-0.25, -0.2) is 14.6 Å². The Balaban J connectivity index is 1.68. The number of carbonyl (C=O) groups excluding carboxylic acids is 1. The largest absolute Gasteiger partial charge is 0.309 e. The van der Waals surface area contributed by atoms with Crippen LogP contribution in [0.25, 0.3) is 22.2 Å². The van der Waals surface area contributed by atoms with Crippen LogP contribution in [0.1, 0.15) is 5.69 Å². The SMILES string of the molecule is Cc1nn(CC(=O)Nc2ccccn2)c2nccc(-c3ccccc3)c12. The molecule has 0 saturated carbocycles. The maximum atomic E-state index is 12.3. The number of nitrogens with one attached hydrogen (secondary N) is 1. The van der Waals surface area contributed by atoms with Gasteiger partial charge in [-0.15, -0.1) is 0 Å². The maximum Gasteiger partial charge on any atom is 0.247 e. The fraction of sp³-hybridized carbons (Fsp3) is 0.100. The van der Waals surface area contributed by atoms with Crippen LogP contribution < -0.4 is 5.32 Å². The Morgan fingerprint density at radius 2 is 1.81 bits per heavy atom. The molecule has 26 heavy (non-hydrogen) atoms. The summed E-state index contributed by atoms with van der Waals surface area (Å²) in [5, 5.41) is 8.26. The smallest absolute Gasteiger partial charge is 0.247 e. The standard InChI is InChI=1S/C20H17N5O/c1-14-19-16(15-7-3-2-4-8-15)10-12-22-20(19)25(24-14)13-18(26)23-17-9-5-6-11-21-17/h2-12H,13H2,1H3,(H,21,23,26). The number of rotatable bonds is 4. The van der Waals surface area contributed by atoms with Crippen LogP contribution in [0.4, 0.5) is 5.82 Å². The molecule has 0 saturated heterocycles. The van der Waals surface area contributed by atoms with Gasteiger partial charge in [-0.1, -0.05) is 36.4 Å². The Kier molecular flexibility index (Phi) is 4.15. The predicted octanol–water partition coefficient (Wildman–Crippen LogP) is 3.44. The first-order chi connectivity index (χ1) is 12.7. The van der Waals surface area contributed by atoms with Crippen molar-refractivity contribution >= 4 is 22.8 Å². The summed E-state index contributed by atoms with van der Waals surface area (Å²) in [7, 11) is 0. The Morgan fingerprint density at radius 3 is 2.58 bits per heavy atom. The lowest BCUT2D eigenvalue weighted by atomic mass is 10.0. The van der Waals surface area contributed by atoms with E-state index in [-0.39, 0.29) is 12.5 Å². The first-order valence-electron chi connectivity index (χ1n) is 8.31. The van der Waals surface area contributed by atoms with Crippen molar-refractivity contribution in [1.29, 1.82) is 0 Å². The first-order valence-corrected chi connectivity index (χ1v) is 8.31. The second-order valence-electron chi connectivity index (χ2n) is 5.93. The minimum atomic E-state index is -0.194. The minimum absolute atomic E-state index is 0.0756. The van der Waals surface area contributed by atoms with Gasteiger partial charge in [-0.3, -0.25) is 4.79 Å². The highest BCUT2D eigenvalue weighted by Crippen LogP contribution is 2.29. The molecule has 4 rings (SSSR count). The van der Waals surface area contributed by atoms with Crippen molar-refractivity contribution in [2.75, 3.05) is 5.32 Å². The molecule has 128 valence electrons. The molecule has 0 aliphatic heterocycles. The van der Waals surface area contributed by atoms with E-state index in [2.05, 4.69) is 32.5 Å². The fourth-order valence-electron chi connectivity index (χ4n) is 3.01. The number of amides is 1. The van der Waals surface area contributed by atoms with E-state index in [0.717, 1.165) is 22.2 Å². The normalized spacial score (nSPS) is 10.8. The van der Waals surface area contributed by atoms with E-state index in [1.807, 2.05) is 37.3 Å². The number of aromatic nitrogens is 4. The summed E-state index contributed by atoms with van der Waals surface area (Å²) in [5.74, 6) is 0.323. The van der Waals surface area contributed by atoms with Crippen molar-refractivity contribution in [3.63, 3.8) is 0 Å². The number of carbonyl (C=O) groups is 1. The molecule has 0 atom stereocenters. The van der Waals surface area contributed by atoms with Crippen molar-refractivity contribution in [1.82, 2.24) is 19.7 Å². The van der Waals surface area contributed by atoms with Gasteiger partial charge in [-0.05, 0) is 36.2 Å². The Morgan fingerprint density at radius 1 is 1.00 bits per heavy atom. The summed E-state index contributed by atoms with van der Waals surface area (Å²) in [4.78, 5) is 20.9. The number of aryl methyl sites for hydroxylation is 1. The van der Waals surface area contributed by atoms with Crippen LogP contribution >= 0.6 is 0 Å². The molecule has 6 heteroatoms. The minimum Gasteiger partial charge on any atom is -0.309 e. The highest BCUT2D eigenvalue weighted by Gasteiger charge is 2.16. The molecule has 1 aromatic carbocycles. The zero-order valence-electron chi connectivity index (χ0n) is 14.3. The van der Waals surface area contributed by atoms with Gasteiger partial charge in [-0.2, -0.15) is 5.10 Å². The lowest BCUT2D eigenvalue weighted by Crippen LogP contribution is -2.20. The van der Waals surface area contributed by atoms with Crippen LogP contribution in [-0.4, -0.2) is 25.7 Å². The van der Waals surface area contributed by atoms with E-state index in [1.165, 1.54) is 0 Å². The highest BCUT2D eigenvalue weighted by atomic mass is 16.2. The molecule has 6 nitrogen and oxygen atoms in total. The van der Waals surface area contributed by atoms with Crippen LogP contribution in [0.5, 0.6) is 0 Å². The van der Waals surface area contributed by atoms with Crippen molar-refractivity contribution in [2.45, 2.75) is 13.5 Å². The molecule has 0 aliphatic carbocycles. The van der Waals surface area contributed by atoms with Gasteiger partial charge in [0.15, 0.2) is 5.65 Å². The number of hydrogen-bond donors (Lipinski definition) is 1. The number of hydrogen-bond acceptors (Lipinski definition) is 4. The zero-order valence-corrected chi connectivity index (χ0v) is 14.3. The Hall–Kier alpha value is -3.54. The second kappa shape index (κ2) is 6.76. The molecule has 4 aromatic rings. The number of fused-ring (bicyclic) bond motifs is 1. The molecule has 1 amide bonds. The van der Waals surface area contributed by atoms with Crippen LogP contribution in [0.3, 0.4) is 0 Å². The summed E-state index contributed by atoms with van der Waals surface area (Å²) < 4.78 is 1.63. The average molecular weight is 343 g/mol. The van der Waals surface area contributed by atoms with E-state index in [0.29, 0.717) is 11.5 Å². The fourth-order valence-corrected chi connectivity index (χ4v) is 3.01. The molecule has 0 radical (unpaired) electrons. The Bertz CT molecular complexity index is 1060. The molecule has 3 aromatic heterocycles. The van der Waals surface area contributed by atoms with Crippen molar-refractivity contribution < 1.29 is 4.79 Å². The van der Waals surface area contributed by atoms with Crippen LogP contribution in [0.2, 0.25) is 0 Å². The molecule has 0 fully saturated rings. The third-order valence-electron chi connectivity index (χ3n) is 4.12. The summed E-state index contributed by atoms with van der Waals surface area (Å²) in [5.41, 5.74) is 3.70. The van der Waals surface area contributed by atoms with E-state index in [1.54, 1.807) is 29.2 Å². The lowest BCUT2D eigenvalue weighted by Gasteiger charge is -2.06. The van der Waals surface area contributed by atoms with Gasteiger partial charge in [0.2, 0.25) is 5.91 Å². The van der Waals surface area contributed by atoms with Gasteiger partial charge in [0, 0.05) is 17.8 Å². The molecule has 0 aliphatic rings. The van der Waals surface area contributed by atoms with Crippen LogP contribution in [0, 0.1) is 6.92 Å². The number of anilines is 1. The number of nitrogens with zero attached hydrogens (tertiary/aromatic N) is 4. The van der Waals surface area contributed by atoms with Crippen molar-refractivity contribution in [2.24, 2.45) is 0 Å². The second-order valence-corrected chi connectivity index (χ2v) is 5.93. The van der Waals surface area contributed by atoms with Crippen molar-refractivity contribution in [3.8, 4) is 11.1 Å². The van der Waals surface area contributed by atoms with E-state index in [9.17, 15) is 4.79 Å².